The molecule has 0 atom stereocenters. The molecule has 0 bridgehead atoms. The van der Waals surface area contributed by atoms with E-state index >= 15 is 0 Å². The van der Waals surface area contributed by atoms with E-state index in [4.69, 9.17) is 17.2 Å². The number of rotatable bonds is 4. The van der Waals surface area contributed by atoms with Gasteiger partial charge in [-0.25, -0.2) is 4.98 Å². The van der Waals surface area contributed by atoms with Gasteiger partial charge < -0.3 is 5.32 Å². The van der Waals surface area contributed by atoms with Crippen molar-refractivity contribution < 1.29 is 4.79 Å². The normalized spacial score (nSPS) is 10.7. The molecule has 150 valence electrons. The number of nitrogens with one attached hydrogen (secondary N) is 2. The summed E-state index contributed by atoms with van der Waals surface area (Å²) in [4.78, 5) is 17.1. The lowest BCUT2D eigenvalue weighted by Gasteiger charge is -2.12. The van der Waals surface area contributed by atoms with Gasteiger partial charge in [0, 0.05) is 16.8 Å². The fourth-order valence-corrected chi connectivity index (χ4v) is 4.32. The summed E-state index contributed by atoms with van der Waals surface area (Å²) in [6.07, 6.45) is 0.939. The predicted octanol–water partition coefficient (Wildman–Crippen LogP) is 5.96. The number of thiazole rings is 1. The number of aromatic nitrogens is 1. The maximum absolute atomic E-state index is 12.4. The quantitative estimate of drug-likeness (QED) is 0.391. The van der Waals surface area contributed by atoms with Crippen molar-refractivity contribution in [1.82, 2.24) is 10.3 Å². The number of amides is 1. The molecule has 30 heavy (non-hydrogen) atoms. The third kappa shape index (κ3) is 4.40. The summed E-state index contributed by atoms with van der Waals surface area (Å²) in [6.45, 7) is 4.09. The third-order valence-corrected chi connectivity index (χ3v) is 6.16. The van der Waals surface area contributed by atoms with Gasteiger partial charge in [-0.2, -0.15) is 0 Å². The monoisotopic (exact) mass is 431 g/mol. The Hall–Kier alpha value is -3.09. The highest BCUT2D eigenvalue weighted by molar-refractivity contribution is 7.80. The van der Waals surface area contributed by atoms with Crippen LogP contribution < -0.4 is 10.6 Å². The standard InChI is InChI=1S/C24H21N3OS2/c1-3-16-8-10-17(11-9-16)22(28)27-24(29)26-19-13-12-18(14-15(19)2)23-25-20-6-4-5-7-21(20)30-23/h4-14H,3H2,1-2H3,(H2,26,27,28,29). The Bertz CT molecular complexity index is 1200. The molecule has 6 heteroatoms. The number of fused-ring (bicyclic) bond motifs is 1. The molecule has 0 unspecified atom stereocenters. The van der Waals surface area contributed by atoms with Crippen LogP contribution in [0.15, 0.2) is 66.7 Å². The first-order valence-electron chi connectivity index (χ1n) is 9.71. The Labute approximate surface area is 185 Å². The minimum atomic E-state index is -0.223. The van der Waals surface area contributed by atoms with Crippen LogP contribution in [0.5, 0.6) is 0 Å². The maximum atomic E-state index is 12.4. The van der Waals surface area contributed by atoms with E-state index in [1.807, 2.05) is 61.5 Å². The molecule has 3 aromatic carbocycles. The summed E-state index contributed by atoms with van der Waals surface area (Å²) in [5.74, 6) is -0.223. The van der Waals surface area contributed by atoms with Crippen LogP contribution in [0.4, 0.5) is 5.69 Å². The topological polar surface area (TPSA) is 54.0 Å². The number of hydrogen-bond acceptors (Lipinski definition) is 4. The van der Waals surface area contributed by atoms with E-state index in [0.29, 0.717) is 5.56 Å². The second-order valence-corrected chi connectivity index (χ2v) is 8.41. The van der Waals surface area contributed by atoms with Crippen molar-refractivity contribution in [2.75, 3.05) is 5.32 Å². The molecule has 0 saturated heterocycles. The SMILES string of the molecule is CCc1ccc(C(=O)NC(=S)Nc2ccc(-c3nc4ccccc4s3)cc2C)cc1. The average Bonchev–Trinajstić information content (AvgIpc) is 3.19. The van der Waals surface area contributed by atoms with Crippen LogP contribution >= 0.6 is 23.6 Å². The molecular weight excluding hydrogens is 410 g/mol. The number of hydrogen-bond donors (Lipinski definition) is 2. The fraction of sp³-hybridized carbons (Fsp3) is 0.125. The van der Waals surface area contributed by atoms with Crippen molar-refractivity contribution in [3.05, 3.63) is 83.4 Å². The number of benzene rings is 3. The molecule has 1 amide bonds. The van der Waals surface area contributed by atoms with Crippen molar-refractivity contribution in [2.24, 2.45) is 0 Å². The van der Waals surface area contributed by atoms with Crippen molar-refractivity contribution in [1.29, 1.82) is 0 Å². The lowest BCUT2D eigenvalue weighted by Crippen LogP contribution is -2.34. The molecule has 0 spiro atoms. The summed E-state index contributed by atoms with van der Waals surface area (Å²) in [6, 6.07) is 21.7. The Balaban J connectivity index is 1.45. The summed E-state index contributed by atoms with van der Waals surface area (Å²) in [7, 11) is 0. The van der Waals surface area contributed by atoms with Crippen LogP contribution in [-0.2, 0) is 6.42 Å². The number of nitrogens with zero attached hydrogens (tertiary/aromatic N) is 1. The predicted molar refractivity (Wildman–Crippen MR) is 129 cm³/mol. The Morgan fingerprint density at radius 1 is 1.07 bits per heavy atom. The van der Waals surface area contributed by atoms with E-state index in [-0.39, 0.29) is 11.0 Å². The number of carbonyl (C=O) groups is 1. The molecule has 0 aliphatic rings. The first-order chi connectivity index (χ1) is 14.5. The lowest BCUT2D eigenvalue weighted by atomic mass is 10.1. The van der Waals surface area contributed by atoms with Crippen molar-refractivity contribution in [3.8, 4) is 10.6 Å². The van der Waals surface area contributed by atoms with Crippen molar-refractivity contribution >= 4 is 50.5 Å². The minimum absolute atomic E-state index is 0.223. The van der Waals surface area contributed by atoms with Gasteiger partial charge in [-0.3, -0.25) is 10.1 Å². The maximum Gasteiger partial charge on any atom is 0.257 e. The zero-order chi connectivity index (χ0) is 21.1. The minimum Gasteiger partial charge on any atom is -0.332 e. The van der Waals surface area contributed by atoms with Gasteiger partial charge in [-0.1, -0.05) is 31.2 Å². The van der Waals surface area contributed by atoms with Gasteiger partial charge in [0.2, 0.25) is 0 Å². The number of thiocarbonyl (C=S) groups is 1. The number of aryl methyl sites for hydroxylation is 2. The van der Waals surface area contributed by atoms with Gasteiger partial charge in [0.15, 0.2) is 5.11 Å². The largest absolute Gasteiger partial charge is 0.332 e. The van der Waals surface area contributed by atoms with E-state index in [1.165, 1.54) is 10.3 Å². The first kappa shape index (κ1) is 20.2. The summed E-state index contributed by atoms with van der Waals surface area (Å²) < 4.78 is 1.17. The molecule has 4 aromatic rings. The van der Waals surface area contributed by atoms with Crippen molar-refractivity contribution in [3.63, 3.8) is 0 Å². The van der Waals surface area contributed by atoms with Gasteiger partial charge in [0.05, 0.1) is 10.2 Å². The molecule has 1 heterocycles. The highest BCUT2D eigenvalue weighted by Gasteiger charge is 2.11. The molecule has 2 N–H and O–H groups in total. The fourth-order valence-electron chi connectivity index (χ4n) is 3.15. The molecule has 1 aromatic heterocycles. The summed E-state index contributed by atoms with van der Waals surface area (Å²) in [5, 5.41) is 7.12. The number of para-hydroxylation sites is 1. The van der Waals surface area contributed by atoms with Gasteiger partial charge >= 0.3 is 0 Å². The molecule has 0 aliphatic carbocycles. The van der Waals surface area contributed by atoms with Crippen LogP contribution in [0.2, 0.25) is 0 Å². The second kappa shape index (κ2) is 8.73. The second-order valence-electron chi connectivity index (χ2n) is 6.98. The van der Waals surface area contributed by atoms with E-state index < -0.39 is 0 Å². The molecule has 4 rings (SSSR count). The van der Waals surface area contributed by atoms with Crippen LogP contribution in [0.1, 0.15) is 28.4 Å². The van der Waals surface area contributed by atoms with Gasteiger partial charge in [0.25, 0.3) is 5.91 Å². The Kier molecular flexibility index (Phi) is 5.88. The van der Waals surface area contributed by atoms with Crippen LogP contribution in [0.3, 0.4) is 0 Å². The zero-order valence-electron chi connectivity index (χ0n) is 16.7. The number of carbonyl (C=O) groups excluding carboxylic acids is 1. The van der Waals surface area contributed by atoms with Gasteiger partial charge in [-0.15, -0.1) is 11.3 Å². The molecule has 0 saturated carbocycles. The molecule has 0 radical (unpaired) electrons. The van der Waals surface area contributed by atoms with Gasteiger partial charge in [-0.05, 0) is 79.2 Å². The average molecular weight is 432 g/mol. The van der Waals surface area contributed by atoms with E-state index in [2.05, 4.69) is 29.7 Å². The van der Waals surface area contributed by atoms with E-state index in [9.17, 15) is 4.79 Å². The van der Waals surface area contributed by atoms with Crippen LogP contribution in [0, 0.1) is 6.92 Å². The van der Waals surface area contributed by atoms with Crippen molar-refractivity contribution in [2.45, 2.75) is 20.3 Å². The Morgan fingerprint density at radius 3 is 2.53 bits per heavy atom. The van der Waals surface area contributed by atoms with Crippen LogP contribution in [-0.4, -0.2) is 16.0 Å². The zero-order valence-corrected chi connectivity index (χ0v) is 18.4. The first-order valence-corrected chi connectivity index (χ1v) is 10.9. The molecule has 0 fully saturated rings. The van der Waals surface area contributed by atoms with Gasteiger partial charge in [0.1, 0.15) is 5.01 Å². The third-order valence-electron chi connectivity index (χ3n) is 4.87. The van der Waals surface area contributed by atoms with E-state index in [0.717, 1.165) is 33.8 Å². The van der Waals surface area contributed by atoms with Crippen LogP contribution in [0.25, 0.3) is 20.8 Å². The number of anilines is 1. The van der Waals surface area contributed by atoms with E-state index in [1.54, 1.807) is 11.3 Å². The molecule has 0 aliphatic heterocycles. The molecular formula is C24H21N3OS2. The highest BCUT2D eigenvalue weighted by atomic mass is 32.1. The summed E-state index contributed by atoms with van der Waals surface area (Å²) >= 11 is 7.01. The smallest absolute Gasteiger partial charge is 0.257 e. The highest BCUT2D eigenvalue weighted by Crippen LogP contribution is 2.31. The summed E-state index contributed by atoms with van der Waals surface area (Å²) in [5.41, 5.74) is 5.72. The lowest BCUT2D eigenvalue weighted by molar-refractivity contribution is 0.0977. The Morgan fingerprint density at radius 2 is 1.83 bits per heavy atom. The molecule has 4 nitrogen and oxygen atoms in total.